The molecule has 0 aliphatic carbocycles. The molecule has 7 nitrogen and oxygen atoms in total. The van der Waals surface area contributed by atoms with Crippen LogP contribution in [0, 0.1) is 27.4 Å². The molecular formula is C12H13N3O4. The van der Waals surface area contributed by atoms with Gasteiger partial charge in [-0.05, 0) is 18.6 Å². The monoisotopic (exact) mass is 263 g/mol. The minimum absolute atomic E-state index is 0.107. The molecule has 0 saturated heterocycles. The third-order valence-corrected chi connectivity index (χ3v) is 2.52. The lowest BCUT2D eigenvalue weighted by Crippen LogP contribution is -2.20. The lowest BCUT2D eigenvalue weighted by molar-refractivity contribution is -0.385. The highest BCUT2D eigenvalue weighted by molar-refractivity contribution is 5.94. The number of nitriles is 1. The van der Waals surface area contributed by atoms with Crippen LogP contribution in [0.5, 0.6) is 5.75 Å². The lowest BCUT2D eigenvalue weighted by Gasteiger charge is -2.09. The first-order valence-electron chi connectivity index (χ1n) is 5.56. The Morgan fingerprint density at radius 1 is 1.63 bits per heavy atom. The largest absolute Gasteiger partial charge is 0.490 e. The molecule has 1 aromatic carbocycles. The fourth-order valence-corrected chi connectivity index (χ4v) is 1.48. The highest BCUT2D eigenvalue weighted by Crippen LogP contribution is 2.29. The molecule has 1 aromatic rings. The Hall–Kier alpha value is -2.62. The smallest absolute Gasteiger partial charge is 0.312 e. The molecule has 1 atom stereocenters. The molecule has 0 aliphatic heterocycles. The number of nitrogens with zero attached hydrogens (tertiary/aromatic N) is 2. The van der Waals surface area contributed by atoms with Gasteiger partial charge in [0.2, 0.25) is 5.91 Å². The van der Waals surface area contributed by atoms with Crippen LogP contribution in [-0.2, 0) is 4.79 Å². The summed E-state index contributed by atoms with van der Waals surface area (Å²) >= 11 is 0. The molecule has 0 aromatic heterocycles. The Bertz CT molecular complexity index is 536. The number of anilines is 1. The van der Waals surface area contributed by atoms with Gasteiger partial charge >= 0.3 is 5.69 Å². The average molecular weight is 263 g/mol. The quantitative estimate of drug-likeness (QED) is 0.646. The van der Waals surface area contributed by atoms with Gasteiger partial charge in [0, 0.05) is 11.8 Å². The van der Waals surface area contributed by atoms with Crippen LogP contribution in [0.15, 0.2) is 18.2 Å². The standard InChI is InChI=1S/C12H13N3O4/c1-3-8(7-13)12(16)14-9-4-5-11(19-2)10(6-9)15(17)18/h4-6,8H,3H2,1-2H3,(H,14,16). The van der Waals surface area contributed by atoms with Crippen LogP contribution >= 0.6 is 0 Å². The molecule has 1 amide bonds. The summed E-state index contributed by atoms with van der Waals surface area (Å²) in [4.78, 5) is 21.9. The fourth-order valence-electron chi connectivity index (χ4n) is 1.48. The summed E-state index contributed by atoms with van der Waals surface area (Å²) in [7, 11) is 1.32. The molecule has 0 heterocycles. The average Bonchev–Trinajstić information content (AvgIpc) is 2.40. The number of nitro benzene ring substituents is 1. The van der Waals surface area contributed by atoms with Gasteiger partial charge in [-0.2, -0.15) is 5.26 Å². The number of nitrogens with one attached hydrogen (secondary N) is 1. The summed E-state index contributed by atoms with van der Waals surface area (Å²) in [6, 6.07) is 5.93. The van der Waals surface area contributed by atoms with Gasteiger partial charge < -0.3 is 10.1 Å². The first-order chi connectivity index (χ1) is 9.03. The third kappa shape index (κ3) is 3.42. The van der Waals surface area contributed by atoms with E-state index in [1.54, 1.807) is 6.92 Å². The summed E-state index contributed by atoms with van der Waals surface area (Å²) in [5.41, 5.74) is 0.0107. The van der Waals surface area contributed by atoms with Gasteiger partial charge in [-0.3, -0.25) is 14.9 Å². The predicted molar refractivity (Wildman–Crippen MR) is 67.7 cm³/mol. The van der Waals surface area contributed by atoms with Crippen LogP contribution in [0.2, 0.25) is 0 Å². The predicted octanol–water partition coefficient (Wildman–Crippen LogP) is 2.09. The summed E-state index contributed by atoms with van der Waals surface area (Å²) in [6.45, 7) is 1.71. The number of rotatable bonds is 5. The van der Waals surface area contributed by atoms with E-state index in [9.17, 15) is 14.9 Å². The van der Waals surface area contributed by atoms with Crippen molar-refractivity contribution in [3.63, 3.8) is 0 Å². The van der Waals surface area contributed by atoms with Crippen molar-refractivity contribution in [3.8, 4) is 11.8 Å². The minimum atomic E-state index is -0.777. The maximum atomic E-state index is 11.7. The van der Waals surface area contributed by atoms with Gasteiger partial charge in [0.25, 0.3) is 0 Å². The maximum Gasteiger partial charge on any atom is 0.312 e. The molecule has 1 unspecified atom stereocenters. The summed E-state index contributed by atoms with van der Waals surface area (Å²) < 4.78 is 4.85. The molecule has 0 fully saturated rings. The van der Waals surface area contributed by atoms with Crippen molar-refractivity contribution in [2.75, 3.05) is 12.4 Å². The number of carbonyl (C=O) groups excluding carboxylic acids is 1. The molecule has 1 rings (SSSR count). The van der Waals surface area contributed by atoms with Crippen LogP contribution in [0.4, 0.5) is 11.4 Å². The Labute approximate surface area is 109 Å². The molecule has 0 saturated carbocycles. The van der Waals surface area contributed by atoms with Crippen molar-refractivity contribution < 1.29 is 14.5 Å². The normalized spacial score (nSPS) is 11.2. The second-order valence-electron chi connectivity index (χ2n) is 3.72. The number of nitro groups is 1. The second-order valence-corrected chi connectivity index (χ2v) is 3.72. The van der Waals surface area contributed by atoms with Gasteiger partial charge in [0.05, 0.1) is 18.1 Å². The second kappa shape index (κ2) is 6.35. The van der Waals surface area contributed by atoms with Crippen molar-refractivity contribution >= 4 is 17.3 Å². The minimum Gasteiger partial charge on any atom is -0.490 e. The number of benzene rings is 1. The van der Waals surface area contributed by atoms with Crippen molar-refractivity contribution in [1.82, 2.24) is 0 Å². The van der Waals surface area contributed by atoms with Crippen molar-refractivity contribution in [3.05, 3.63) is 28.3 Å². The van der Waals surface area contributed by atoms with E-state index < -0.39 is 16.7 Å². The molecular weight excluding hydrogens is 250 g/mol. The Morgan fingerprint density at radius 2 is 2.32 bits per heavy atom. The van der Waals surface area contributed by atoms with E-state index in [1.165, 1.54) is 25.3 Å². The van der Waals surface area contributed by atoms with Crippen molar-refractivity contribution in [1.29, 1.82) is 5.26 Å². The van der Waals surface area contributed by atoms with Crippen molar-refractivity contribution in [2.45, 2.75) is 13.3 Å². The van der Waals surface area contributed by atoms with E-state index in [0.717, 1.165) is 0 Å². The maximum absolute atomic E-state index is 11.7. The summed E-state index contributed by atoms with van der Waals surface area (Å²) in [6.07, 6.45) is 0.376. The Morgan fingerprint density at radius 3 is 2.79 bits per heavy atom. The molecule has 100 valence electrons. The number of hydrogen-bond acceptors (Lipinski definition) is 5. The Balaban J connectivity index is 2.98. The van der Waals surface area contributed by atoms with E-state index in [0.29, 0.717) is 6.42 Å². The SMILES string of the molecule is CCC(C#N)C(=O)Nc1ccc(OC)c([N+](=O)[O-])c1. The van der Waals surface area contributed by atoms with Gasteiger partial charge in [0.15, 0.2) is 5.75 Å². The number of ether oxygens (including phenoxy) is 1. The van der Waals surface area contributed by atoms with Crippen LogP contribution in [0.3, 0.4) is 0 Å². The lowest BCUT2D eigenvalue weighted by atomic mass is 10.1. The number of amides is 1. The molecule has 1 N–H and O–H groups in total. The molecule has 0 radical (unpaired) electrons. The van der Waals surface area contributed by atoms with E-state index in [1.807, 2.05) is 6.07 Å². The van der Waals surface area contributed by atoms with Crippen molar-refractivity contribution in [2.24, 2.45) is 5.92 Å². The summed E-state index contributed by atoms with van der Waals surface area (Å²) in [5.74, 6) is -1.15. The first kappa shape index (κ1) is 14.4. The van der Waals surface area contributed by atoms with E-state index >= 15 is 0 Å². The number of carbonyl (C=O) groups is 1. The molecule has 0 bridgehead atoms. The van der Waals surface area contributed by atoms with Gasteiger partial charge in [-0.15, -0.1) is 0 Å². The molecule has 0 spiro atoms. The van der Waals surface area contributed by atoms with Crippen LogP contribution < -0.4 is 10.1 Å². The van der Waals surface area contributed by atoms with Gasteiger partial charge in [0.1, 0.15) is 5.92 Å². The third-order valence-electron chi connectivity index (χ3n) is 2.52. The zero-order chi connectivity index (χ0) is 14.4. The topological polar surface area (TPSA) is 105 Å². The molecule has 19 heavy (non-hydrogen) atoms. The Kier molecular flexibility index (Phi) is 4.83. The summed E-state index contributed by atoms with van der Waals surface area (Å²) in [5, 5.41) is 22.1. The zero-order valence-corrected chi connectivity index (χ0v) is 10.5. The van der Waals surface area contributed by atoms with Crippen LogP contribution in [-0.4, -0.2) is 17.9 Å². The molecule has 7 heteroatoms. The zero-order valence-electron chi connectivity index (χ0n) is 10.5. The van der Waals surface area contributed by atoms with Gasteiger partial charge in [-0.25, -0.2) is 0 Å². The number of methoxy groups -OCH3 is 1. The van der Waals surface area contributed by atoms with E-state index in [4.69, 9.17) is 10.00 Å². The van der Waals surface area contributed by atoms with Crippen LogP contribution in [0.1, 0.15) is 13.3 Å². The highest BCUT2D eigenvalue weighted by atomic mass is 16.6. The first-order valence-corrected chi connectivity index (χ1v) is 5.56. The number of hydrogen-bond donors (Lipinski definition) is 1. The van der Waals surface area contributed by atoms with Gasteiger partial charge in [-0.1, -0.05) is 6.92 Å². The van der Waals surface area contributed by atoms with E-state index in [2.05, 4.69) is 5.32 Å². The fraction of sp³-hybridized carbons (Fsp3) is 0.333. The highest BCUT2D eigenvalue weighted by Gasteiger charge is 2.19. The van der Waals surface area contributed by atoms with E-state index in [-0.39, 0.29) is 17.1 Å². The van der Waals surface area contributed by atoms with Crippen LogP contribution in [0.25, 0.3) is 0 Å². The molecule has 0 aliphatic rings.